The molecule has 2 N–H and O–H groups in total. The number of ether oxygens (including phenoxy) is 1. The van der Waals surface area contributed by atoms with Gasteiger partial charge in [-0.3, -0.25) is 4.90 Å². The average molecular weight is 334 g/mol. The molecule has 0 bridgehead atoms. The minimum Gasteiger partial charge on any atom is -0.497 e. The van der Waals surface area contributed by atoms with E-state index in [1.165, 1.54) is 10.4 Å². The van der Waals surface area contributed by atoms with Crippen LogP contribution in [0.25, 0.3) is 0 Å². The maximum absolute atomic E-state index is 5.75. The van der Waals surface area contributed by atoms with Crippen LogP contribution >= 0.6 is 11.3 Å². The van der Waals surface area contributed by atoms with Crippen molar-refractivity contribution < 1.29 is 4.74 Å². The van der Waals surface area contributed by atoms with Gasteiger partial charge in [-0.25, -0.2) is 4.98 Å². The number of nitrogen functional groups attached to an aromatic ring is 1. The summed E-state index contributed by atoms with van der Waals surface area (Å²) in [6, 6.07) is 8.32. The van der Waals surface area contributed by atoms with Gasteiger partial charge >= 0.3 is 0 Å². The quantitative estimate of drug-likeness (QED) is 0.837. The molecule has 1 aromatic heterocycles. The van der Waals surface area contributed by atoms with Crippen molar-refractivity contribution in [1.29, 1.82) is 0 Å². The van der Waals surface area contributed by atoms with Crippen LogP contribution in [0.2, 0.25) is 0 Å². The number of thiazole rings is 1. The Kier molecular flexibility index (Phi) is 6.02. The van der Waals surface area contributed by atoms with E-state index in [4.69, 9.17) is 10.5 Å². The minimum absolute atomic E-state index is 0.260. The van der Waals surface area contributed by atoms with Gasteiger partial charge in [-0.05, 0) is 29.5 Å². The molecule has 4 nitrogen and oxygen atoms in total. The molecule has 0 amide bonds. The third kappa shape index (κ3) is 6.20. The Morgan fingerprint density at radius 2 is 1.91 bits per heavy atom. The second-order valence-electron chi connectivity index (χ2n) is 7.03. The normalized spacial score (nSPS) is 11.9. The van der Waals surface area contributed by atoms with Crippen LogP contribution in [0.1, 0.15) is 31.2 Å². The van der Waals surface area contributed by atoms with Crippen molar-refractivity contribution in [1.82, 2.24) is 9.88 Å². The summed E-state index contributed by atoms with van der Waals surface area (Å²) >= 11 is 1.58. The lowest BCUT2D eigenvalue weighted by molar-refractivity contribution is 0.187. The standard InChI is InChI=1S/C18H27N3OS/c1-18(2,3)13-21(12-16-11-20-17(19)23-16)10-9-14-5-7-15(22-4)8-6-14/h5-8,11H,9-10,12-13H2,1-4H3,(H2,19,20). The molecule has 0 saturated carbocycles. The topological polar surface area (TPSA) is 51.4 Å². The van der Waals surface area contributed by atoms with Crippen LogP contribution in [0.4, 0.5) is 5.13 Å². The lowest BCUT2D eigenvalue weighted by atomic mass is 9.95. The largest absolute Gasteiger partial charge is 0.497 e. The Balaban J connectivity index is 1.98. The number of methoxy groups -OCH3 is 1. The second kappa shape index (κ2) is 7.79. The van der Waals surface area contributed by atoms with E-state index in [1.807, 2.05) is 18.3 Å². The summed E-state index contributed by atoms with van der Waals surface area (Å²) in [5.74, 6) is 0.903. The van der Waals surface area contributed by atoms with Gasteiger partial charge in [0.25, 0.3) is 0 Å². The molecule has 0 aliphatic rings. The molecule has 5 heteroatoms. The van der Waals surface area contributed by atoms with Gasteiger partial charge in [-0.2, -0.15) is 0 Å². The Hall–Kier alpha value is -1.59. The number of hydrogen-bond donors (Lipinski definition) is 1. The average Bonchev–Trinajstić information content (AvgIpc) is 2.89. The predicted octanol–water partition coefficient (Wildman–Crippen LogP) is 3.82. The third-order valence-electron chi connectivity index (χ3n) is 3.52. The summed E-state index contributed by atoms with van der Waals surface area (Å²) in [6.07, 6.45) is 2.91. The van der Waals surface area contributed by atoms with E-state index in [0.717, 1.165) is 31.8 Å². The zero-order chi connectivity index (χ0) is 16.9. The molecule has 1 aromatic carbocycles. The number of benzene rings is 1. The molecular weight excluding hydrogens is 306 g/mol. The van der Waals surface area contributed by atoms with Crippen LogP contribution in [0, 0.1) is 5.41 Å². The van der Waals surface area contributed by atoms with Crippen LogP contribution in [0.5, 0.6) is 5.75 Å². The van der Waals surface area contributed by atoms with Crippen molar-refractivity contribution in [3.63, 3.8) is 0 Å². The third-order valence-corrected chi connectivity index (χ3v) is 4.34. The van der Waals surface area contributed by atoms with Gasteiger partial charge in [0, 0.05) is 30.7 Å². The first kappa shape index (κ1) is 17.8. The summed E-state index contributed by atoms with van der Waals surface area (Å²) in [4.78, 5) is 7.87. The van der Waals surface area contributed by atoms with Gasteiger partial charge in [0.15, 0.2) is 5.13 Å². The van der Waals surface area contributed by atoms with Gasteiger partial charge in [0.05, 0.1) is 7.11 Å². The van der Waals surface area contributed by atoms with E-state index < -0.39 is 0 Å². The molecule has 0 radical (unpaired) electrons. The Morgan fingerprint density at radius 3 is 2.43 bits per heavy atom. The molecular formula is C18H27N3OS. The highest BCUT2D eigenvalue weighted by atomic mass is 32.1. The fraction of sp³-hybridized carbons (Fsp3) is 0.500. The Morgan fingerprint density at radius 1 is 1.22 bits per heavy atom. The molecule has 2 aromatic rings. The van der Waals surface area contributed by atoms with Gasteiger partial charge in [0.2, 0.25) is 0 Å². The molecule has 0 spiro atoms. The second-order valence-corrected chi connectivity index (χ2v) is 8.18. The first-order valence-electron chi connectivity index (χ1n) is 7.91. The van der Waals surface area contributed by atoms with E-state index in [0.29, 0.717) is 5.13 Å². The molecule has 0 atom stereocenters. The van der Waals surface area contributed by atoms with Crippen molar-refractivity contribution >= 4 is 16.5 Å². The highest BCUT2D eigenvalue weighted by molar-refractivity contribution is 7.15. The van der Waals surface area contributed by atoms with Crippen LogP contribution in [0.15, 0.2) is 30.5 Å². The zero-order valence-electron chi connectivity index (χ0n) is 14.5. The maximum atomic E-state index is 5.75. The number of aromatic nitrogens is 1. The lowest BCUT2D eigenvalue weighted by Crippen LogP contribution is -2.33. The van der Waals surface area contributed by atoms with E-state index in [2.05, 4.69) is 42.8 Å². The summed E-state index contributed by atoms with van der Waals surface area (Å²) in [6.45, 7) is 9.78. The van der Waals surface area contributed by atoms with Gasteiger partial charge in [0.1, 0.15) is 5.75 Å². The van der Waals surface area contributed by atoms with Crippen molar-refractivity contribution in [3.8, 4) is 5.75 Å². The molecule has 126 valence electrons. The van der Waals surface area contributed by atoms with Crippen LogP contribution in [-0.4, -0.2) is 30.1 Å². The van der Waals surface area contributed by atoms with Gasteiger partial charge in [-0.1, -0.05) is 32.9 Å². The highest BCUT2D eigenvalue weighted by Crippen LogP contribution is 2.21. The van der Waals surface area contributed by atoms with E-state index in [-0.39, 0.29) is 5.41 Å². The maximum Gasteiger partial charge on any atom is 0.180 e. The number of hydrogen-bond acceptors (Lipinski definition) is 5. The fourth-order valence-corrected chi connectivity index (χ4v) is 3.31. The van der Waals surface area contributed by atoms with E-state index in [9.17, 15) is 0 Å². The van der Waals surface area contributed by atoms with Crippen molar-refractivity contribution in [2.45, 2.75) is 33.7 Å². The molecule has 0 fully saturated rings. The minimum atomic E-state index is 0.260. The lowest BCUT2D eigenvalue weighted by Gasteiger charge is -2.29. The summed E-state index contributed by atoms with van der Waals surface area (Å²) in [7, 11) is 1.70. The first-order chi connectivity index (χ1) is 10.9. The van der Waals surface area contributed by atoms with Crippen molar-refractivity contribution in [2.75, 3.05) is 25.9 Å². The number of nitrogens with two attached hydrogens (primary N) is 1. The SMILES string of the molecule is COc1ccc(CCN(Cc2cnc(N)s2)CC(C)(C)C)cc1. The molecule has 0 saturated heterocycles. The highest BCUT2D eigenvalue weighted by Gasteiger charge is 2.17. The summed E-state index contributed by atoms with van der Waals surface area (Å²) in [5, 5.41) is 0.644. The monoisotopic (exact) mass is 333 g/mol. The Labute approximate surface area is 143 Å². The van der Waals surface area contributed by atoms with E-state index in [1.54, 1.807) is 18.4 Å². The van der Waals surface area contributed by atoms with Gasteiger partial charge < -0.3 is 10.5 Å². The summed E-state index contributed by atoms with van der Waals surface area (Å²) in [5.41, 5.74) is 7.34. The first-order valence-corrected chi connectivity index (χ1v) is 8.73. The number of nitrogens with zero attached hydrogens (tertiary/aromatic N) is 2. The molecule has 0 aliphatic heterocycles. The number of rotatable bonds is 7. The number of anilines is 1. The molecule has 1 heterocycles. The Bertz CT molecular complexity index is 601. The van der Waals surface area contributed by atoms with Crippen LogP contribution in [-0.2, 0) is 13.0 Å². The van der Waals surface area contributed by atoms with Crippen LogP contribution < -0.4 is 10.5 Å². The molecule has 2 rings (SSSR count). The van der Waals surface area contributed by atoms with Crippen LogP contribution in [0.3, 0.4) is 0 Å². The van der Waals surface area contributed by atoms with Crippen molar-refractivity contribution in [2.24, 2.45) is 5.41 Å². The summed E-state index contributed by atoms with van der Waals surface area (Å²) < 4.78 is 5.21. The molecule has 0 aliphatic carbocycles. The fourth-order valence-electron chi connectivity index (χ4n) is 2.58. The van der Waals surface area contributed by atoms with Crippen molar-refractivity contribution in [3.05, 3.63) is 40.9 Å². The van der Waals surface area contributed by atoms with Gasteiger partial charge in [-0.15, -0.1) is 11.3 Å². The predicted molar refractivity (Wildman–Crippen MR) is 98.0 cm³/mol. The van der Waals surface area contributed by atoms with E-state index >= 15 is 0 Å². The smallest absolute Gasteiger partial charge is 0.180 e. The zero-order valence-corrected chi connectivity index (χ0v) is 15.3. The molecule has 0 unspecified atom stereocenters. The molecule has 23 heavy (non-hydrogen) atoms.